The van der Waals surface area contributed by atoms with Crippen molar-refractivity contribution in [3.63, 3.8) is 0 Å². The molecule has 5 nitrogen and oxygen atoms in total. The first-order valence-corrected chi connectivity index (χ1v) is 3.47. The predicted molar refractivity (Wildman–Crippen MR) is 40.2 cm³/mol. The van der Waals surface area contributed by atoms with Crippen LogP contribution in [0.15, 0.2) is 0 Å². The van der Waals surface area contributed by atoms with E-state index in [1.54, 1.807) is 6.92 Å². The van der Waals surface area contributed by atoms with Gasteiger partial charge in [-0.1, -0.05) is 0 Å². The van der Waals surface area contributed by atoms with Gasteiger partial charge in [0.15, 0.2) is 0 Å². The Morgan fingerprint density at radius 2 is 2.18 bits per heavy atom. The number of rotatable bonds is 4. The van der Waals surface area contributed by atoms with Crippen LogP contribution in [0.25, 0.3) is 0 Å². The van der Waals surface area contributed by atoms with Crippen LogP contribution in [0, 0.1) is 0 Å². The van der Waals surface area contributed by atoms with E-state index in [4.69, 9.17) is 10.2 Å². The van der Waals surface area contributed by atoms with E-state index in [1.807, 2.05) is 0 Å². The van der Waals surface area contributed by atoms with Gasteiger partial charge in [0.2, 0.25) is 0 Å². The van der Waals surface area contributed by atoms with E-state index in [1.165, 1.54) is 0 Å². The van der Waals surface area contributed by atoms with Crippen molar-refractivity contribution in [2.75, 3.05) is 19.7 Å². The Balaban J connectivity index is 3.23. The maximum Gasteiger partial charge on any atom is 0.314 e. The number of aliphatic hydroxyl groups is 2. The molecular formula is C6H14N2O3. The highest BCUT2D eigenvalue weighted by Gasteiger charge is 1.99. The molecule has 0 bridgehead atoms. The predicted octanol–water partition coefficient (Wildman–Crippen LogP) is -1.34. The van der Waals surface area contributed by atoms with Crippen LogP contribution in [-0.2, 0) is 0 Å². The van der Waals surface area contributed by atoms with Crippen molar-refractivity contribution in [2.45, 2.75) is 13.0 Å². The number of carbonyl (C=O) groups is 1. The second kappa shape index (κ2) is 5.94. The molecule has 1 atom stereocenters. The fourth-order valence-corrected chi connectivity index (χ4v) is 0.472. The van der Waals surface area contributed by atoms with Crippen molar-refractivity contribution >= 4 is 6.03 Å². The molecule has 0 aromatic carbocycles. The number of hydrogen-bond acceptors (Lipinski definition) is 3. The van der Waals surface area contributed by atoms with Crippen LogP contribution < -0.4 is 10.6 Å². The van der Waals surface area contributed by atoms with Crippen molar-refractivity contribution in [2.24, 2.45) is 0 Å². The molecule has 11 heavy (non-hydrogen) atoms. The Kier molecular flexibility index (Phi) is 5.50. The summed E-state index contributed by atoms with van der Waals surface area (Å²) in [6, 6.07) is -0.375. The molecule has 0 heterocycles. The first-order chi connectivity index (χ1) is 5.16. The van der Waals surface area contributed by atoms with Gasteiger partial charge in [-0.3, -0.25) is 0 Å². The van der Waals surface area contributed by atoms with Crippen LogP contribution in [0.3, 0.4) is 0 Å². The van der Waals surface area contributed by atoms with Crippen LogP contribution in [0.4, 0.5) is 4.79 Å². The first-order valence-electron chi connectivity index (χ1n) is 3.47. The maximum absolute atomic E-state index is 10.7. The Bertz CT molecular complexity index is 116. The molecule has 0 aliphatic carbocycles. The molecule has 2 amide bonds. The molecule has 0 aliphatic rings. The summed E-state index contributed by atoms with van der Waals surface area (Å²) in [6.07, 6.45) is -0.546. The third kappa shape index (κ3) is 7.08. The summed E-state index contributed by atoms with van der Waals surface area (Å²) < 4.78 is 0. The molecule has 0 saturated heterocycles. The summed E-state index contributed by atoms with van der Waals surface area (Å²) in [5.41, 5.74) is 0. The average Bonchev–Trinajstić information content (AvgIpc) is 1.97. The molecule has 5 heteroatoms. The minimum Gasteiger partial charge on any atom is -0.395 e. The molecule has 0 aromatic rings. The normalized spacial score (nSPS) is 12.3. The van der Waals surface area contributed by atoms with Gasteiger partial charge in [-0.05, 0) is 6.92 Å². The second-order valence-electron chi connectivity index (χ2n) is 2.21. The minimum atomic E-state index is -0.546. The van der Waals surface area contributed by atoms with Crippen LogP contribution in [0.5, 0.6) is 0 Å². The molecule has 66 valence electrons. The van der Waals surface area contributed by atoms with Crippen molar-refractivity contribution in [1.29, 1.82) is 0 Å². The zero-order valence-electron chi connectivity index (χ0n) is 6.50. The average molecular weight is 162 g/mol. The molecule has 0 saturated carbocycles. The van der Waals surface area contributed by atoms with Gasteiger partial charge in [0.25, 0.3) is 0 Å². The molecule has 0 aliphatic heterocycles. The summed E-state index contributed by atoms with van der Waals surface area (Å²) in [6.45, 7) is 1.94. The maximum atomic E-state index is 10.7. The fraction of sp³-hybridized carbons (Fsp3) is 0.833. The van der Waals surface area contributed by atoms with E-state index in [0.29, 0.717) is 0 Å². The van der Waals surface area contributed by atoms with Crippen molar-refractivity contribution in [3.05, 3.63) is 0 Å². The van der Waals surface area contributed by atoms with Crippen LogP contribution in [0.1, 0.15) is 6.92 Å². The fourth-order valence-electron chi connectivity index (χ4n) is 0.472. The lowest BCUT2D eigenvalue weighted by molar-refractivity contribution is 0.187. The molecule has 0 fully saturated rings. The smallest absolute Gasteiger partial charge is 0.314 e. The summed E-state index contributed by atoms with van der Waals surface area (Å²) in [5, 5.41) is 21.8. The number of urea groups is 1. The van der Waals surface area contributed by atoms with Gasteiger partial charge in [-0.15, -0.1) is 0 Å². The van der Waals surface area contributed by atoms with Crippen molar-refractivity contribution in [1.82, 2.24) is 10.6 Å². The van der Waals surface area contributed by atoms with E-state index in [9.17, 15) is 4.79 Å². The van der Waals surface area contributed by atoms with Crippen molar-refractivity contribution in [3.8, 4) is 0 Å². The zero-order chi connectivity index (χ0) is 8.69. The molecule has 0 radical (unpaired) electrons. The Morgan fingerprint density at radius 3 is 2.64 bits per heavy atom. The van der Waals surface area contributed by atoms with Gasteiger partial charge in [0.05, 0.1) is 12.7 Å². The zero-order valence-corrected chi connectivity index (χ0v) is 6.50. The first kappa shape index (κ1) is 10.2. The second-order valence-corrected chi connectivity index (χ2v) is 2.21. The van der Waals surface area contributed by atoms with E-state index in [0.717, 1.165) is 0 Å². The largest absolute Gasteiger partial charge is 0.395 e. The summed E-state index contributed by atoms with van der Waals surface area (Å²) in [7, 11) is 0. The molecule has 0 aromatic heterocycles. The van der Waals surface area contributed by atoms with Gasteiger partial charge in [0, 0.05) is 13.1 Å². The van der Waals surface area contributed by atoms with Gasteiger partial charge >= 0.3 is 6.03 Å². The van der Waals surface area contributed by atoms with Crippen LogP contribution in [0.2, 0.25) is 0 Å². The standard InChI is InChI=1S/C6H14N2O3/c1-5(10)4-8-6(11)7-2-3-9/h5,9-10H,2-4H2,1H3,(H2,7,8,11)/t5-/m1/s1. The van der Waals surface area contributed by atoms with E-state index >= 15 is 0 Å². The Hall–Kier alpha value is -0.810. The molecule has 0 unspecified atom stereocenters. The third-order valence-electron chi connectivity index (χ3n) is 0.955. The molecular weight excluding hydrogens is 148 g/mol. The molecule has 0 spiro atoms. The van der Waals surface area contributed by atoms with Crippen LogP contribution >= 0.6 is 0 Å². The highest BCUT2D eigenvalue weighted by Crippen LogP contribution is 1.74. The van der Waals surface area contributed by atoms with E-state index in [-0.39, 0.29) is 25.7 Å². The molecule has 0 rings (SSSR count). The minimum absolute atomic E-state index is 0.0813. The topological polar surface area (TPSA) is 81.6 Å². The number of aliphatic hydroxyl groups excluding tert-OH is 2. The number of nitrogens with one attached hydrogen (secondary N) is 2. The lowest BCUT2D eigenvalue weighted by Crippen LogP contribution is -2.40. The number of hydrogen-bond donors (Lipinski definition) is 4. The van der Waals surface area contributed by atoms with Gasteiger partial charge in [0.1, 0.15) is 0 Å². The summed E-state index contributed by atoms with van der Waals surface area (Å²) in [5.74, 6) is 0. The summed E-state index contributed by atoms with van der Waals surface area (Å²) >= 11 is 0. The summed E-state index contributed by atoms with van der Waals surface area (Å²) in [4.78, 5) is 10.7. The third-order valence-corrected chi connectivity index (χ3v) is 0.955. The highest BCUT2D eigenvalue weighted by atomic mass is 16.3. The lowest BCUT2D eigenvalue weighted by atomic mass is 10.4. The Labute approximate surface area is 65.4 Å². The van der Waals surface area contributed by atoms with E-state index in [2.05, 4.69) is 10.6 Å². The number of carbonyl (C=O) groups excluding carboxylic acids is 1. The lowest BCUT2D eigenvalue weighted by Gasteiger charge is -2.07. The van der Waals surface area contributed by atoms with Gasteiger partial charge in [-0.25, -0.2) is 4.79 Å². The quantitative estimate of drug-likeness (QED) is 0.413. The highest BCUT2D eigenvalue weighted by molar-refractivity contribution is 5.73. The van der Waals surface area contributed by atoms with Gasteiger partial charge in [-0.2, -0.15) is 0 Å². The monoisotopic (exact) mass is 162 g/mol. The van der Waals surface area contributed by atoms with Crippen LogP contribution in [-0.4, -0.2) is 42.0 Å². The van der Waals surface area contributed by atoms with Crippen molar-refractivity contribution < 1.29 is 15.0 Å². The Morgan fingerprint density at radius 1 is 1.55 bits per heavy atom. The van der Waals surface area contributed by atoms with E-state index < -0.39 is 6.10 Å². The SMILES string of the molecule is C[C@@H](O)CNC(=O)NCCO. The number of amides is 2. The molecule has 4 N–H and O–H groups in total. The van der Waals surface area contributed by atoms with Gasteiger partial charge < -0.3 is 20.8 Å².